The molecule has 1 amide bonds. The Morgan fingerprint density at radius 1 is 1.45 bits per heavy atom. The number of carbonyl (C=O) groups is 1. The Balaban J connectivity index is 1.93. The van der Waals surface area contributed by atoms with Crippen molar-refractivity contribution in [2.75, 3.05) is 6.61 Å². The molecule has 122 valence electrons. The molecule has 2 atom stereocenters. The van der Waals surface area contributed by atoms with Gasteiger partial charge in [0.15, 0.2) is 6.61 Å². The number of nitrogens with one attached hydrogen (secondary N) is 1. The van der Waals surface area contributed by atoms with E-state index in [2.05, 4.69) is 15.0 Å². The molecule has 1 aromatic rings. The summed E-state index contributed by atoms with van der Waals surface area (Å²) in [4.78, 5) is 15.7. The first kappa shape index (κ1) is 16.5. The number of nitrogens with zero attached hydrogens (tertiary/aromatic N) is 1. The zero-order chi connectivity index (χ0) is 16.2. The molecule has 0 aliphatic heterocycles. The topological polar surface area (TPSA) is 71.5 Å². The maximum absolute atomic E-state index is 12.2. The predicted molar refractivity (Wildman–Crippen MR) is 71.0 cm³/mol. The lowest BCUT2D eigenvalue weighted by Crippen LogP contribution is -2.34. The smallest absolute Gasteiger partial charge is 0.422 e. The third-order valence-electron chi connectivity index (χ3n) is 3.49. The van der Waals surface area contributed by atoms with Gasteiger partial charge in [-0.3, -0.25) is 4.79 Å². The van der Waals surface area contributed by atoms with Crippen LogP contribution in [0.1, 0.15) is 24.8 Å². The van der Waals surface area contributed by atoms with Gasteiger partial charge in [0.2, 0.25) is 11.8 Å². The van der Waals surface area contributed by atoms with E-state index < -0.39 is 24.8 Å². The van der Waals surface area contributed by atoms with Gasteiger partial charge in [-0.15, -0.1) is 0 Å². The highest BCUT2D eigenvalue weighted by Gasteiger charge is 2.31. The summed E-state index contributed by atoms with van der Waals surface area (Å²) in [6.07, 6.45) is -1.81. The van der Waals surface area contributed by atoms with Crippen molar-refractivity contribution in [1.29, 1.82) is 0 Å². The third-order valence-corrected chi connectivity index (χ3v) is 3.49. The fourth-order valence-corrected chi connectivity index (χ4v) is 2.40. The monoisotopic (exact) mass is 318 g/mol. The number of aromatic nitrogens is 1. The summed E-state index contributed by atoms with van der Waals surface area (Å²) in [5.41, 5.74) is 0.354. The average Bonchev–Trinajstić information content (AvgIpc) is 2.89. The first-order chi connectivity index (χ1) is 10.4. The summed E-state index contributed by atoms with van der Waals surface area (Å²) in [6.45, 7) is -1.44. The number of hydrogen-bond acceptors (Lipinski definition) is 4. The van der Waals surface area contributed by atoms with Crippen LogP contribution < -0.4 is 10.1 Å². The first-order valence-corrected chi connectivity index (χ1v) is 6.96. The maximum Gasteiger partial charge on any atom is 0.422 e. The van der Waals surface area contributed by atoms with Crippen LogP contribution in [0.25, 0.3) is 0 Å². The van der Waals surface area contributed by atoms with Crippen LogP contribution in [0.15, 0.2) is 18.3 Å². The summed E-state index contributed by atoms with van der Waals surface area (Å²) >= 11 is 0. The van der Waals surface area contributed by atoms with Crippen molar-refractivity contribution in [3.8, 4) is 5.88 Å². The van der Waals surface area contributed by atoms with Crippen LogP contribution in [-0.2, 0) is 11.3 Å². The number of halogens is 3. The van der Waals surface area contributed by atoms with Crippen LogP contribution in [0.2, 0.25) is 0 Å². The van der Waals surface area contributed by atoms with Gasteiger partial charge in [0, 0.05) is 18.3 Å². The average molecular weight is 318 g/mol. The van der Waals surface area contributed by atoms with Gasteiger partial charge in [-0.25, -0.2) is 4.98 Å². The van der Waals surface area contributed by atoms with Gasteiger partial charge in [0.05, 0.1) is 12.0 Å². The minimum absolute atomic E-state index is 0.00306. The highest BCUT2D eigenvalue weighted by Crippen LogP contribution is 2.26. The van der Waals surface area contributed by atoms with Crippen molar-refractivity contribution >= 4 is 5.91 Å². The van der Waals surface area contributed by atoms with Crippen molar-refractivity contribution < 1.29 is 27.8 Å². The zero-order valence-electron chi connectivity index (χ0n) is 11.8. The standard InChI is InChI=1S/C14H17F3N2O3/c15-14(16,17)8-22-13-9(3-2-6-18-13)7-19-12(21)10-4-1-5-11(10)20/h2-3,6,10-11,20H,1,4-5,7-8H2,(H,19,21). The lowest BCUT2D eigenvalue weighted by Gasteiger charge is -2.16. The quantitative estimate of drug-likeness (QED) is 0.868. The van der Waals surface area contributed by atoms with Crippen molar-refractivity contribution in [2.24, 2.45) is 5.92 Å². The van der Waals surface area contributed by atoms with E-state index in [-0.39, 0.29) is 18.3 Å². The Bertz CT molecular complexity index is 522. The van der Waals surface area contributed by atoms with E-state index in [0.717, 1.165) is 6.42 Å². The Hall–Kier alpha value is -1.83. The number of alkyl halides is 3. The second-order valence-electron chi connectivity index (χ2n) is 5.19. The summed E-state index contributed by atoms with van der Waals surface area (Å²) < 4.78 is 41.2. The van der Waals surface area contributed by atoms with Crippen LogP contribution in [-0.4, -0.2) is 34.9 Å². The van der Waals surface area contributed by atoms with E-state index in [1.165, 1.54) is 12.3 Å². The lowest BCUT2D eigenvalue weighted by atomic mass is 10.1. The molecule has 22 heavy (non-hydrogen) atoms. The molecule has 5 nitrogen and oxygen atoms in total. The molecule has 2 N–H and O–H groups in total. The summed E-state index contributed by atoms with van der Waals surface area (Å²) in [7, 11) is 0. The molecule has 2 rings (SSSR count). The minimum atomic E-state index is -4.45. The Kier molecular flexibility index (Phi) is 5.23. The molecular formula is C14H17F3N2O3. The van der Waals surface area contributed by atoms with E-state index in [4.69, 9.17) is 0 Å². The van der Waals surface area contributed by atoms with Crippen LogP contribution >= 0.6 is 0 Å². The second-order valence-corrected chi connectivity index (χ2v) is 5.19. The van der Waals surface area contributed by atoms with E-state index >= 15 is 0 Å². The molecule has 0 radical (unpaired) electrons. The number of carbonyl (C=O) groups excluding carboxylic acids is 1. The summed E-state index contributed by atoms with van der Waals surface area (Å²) in [6, 6.07) is 3.08. The maximum atomic E-state index is 12.2. The minimum Gasteiger partial charge on any atom is -0.468 e. The van der Waals surface area contributed by atoms with Gasteiger partial charge in [0.1, 0.15) is 0 Å². The Morgan fingerprint density at radius 2 is 2.23 bits per heavy atom. The molecule has 1 aliphatic rings. The van der Waals surface area contributed by atoms with E-state index in [1.807, 2.05) is 0 Å². The van der Waals surface area contributed by atoms with Crippen molar-refractivity contribution in [3.05, 3.63) is 23.9 Å². The molecule has 2 unspecified atom stereocenters. The molecule has 1 saturated carbocycles. The third kappa shape index (κ3) is 4.59. The number of aliphatic hydroxyl groups is 1. The number of pyridine rings is 1. The second kappa shape index (κ2) is 6.95. The highest BCUT2D eigenvalue weighted by molar-refractivity contribution is 5.79. The first-order valence-electron chi connectivity index (χ1n) is 6.96. The van der Waals surface area contributed by atoms with Crippen molar-refractivity contribution in [3.63, 3.8) is 0 Å². The molecule has 1 aliphatic carbocycles. The molecule has 0 spiro atoms. The van der Waals surface area contributed by atoms with E-state index in [1.54, 1.807) is 6.07 Å². The van der Waals surface area contributed by atoms with Gasteiger partial charge < -0.3 is 15.2 Å². The van der Waals surface area contributed by atoms with Gasteiger partial charge in [-0.05, 0) is 25.3 Å². The lowest BCUT2D eigenvalue weighted by molar-refractivity contribution is -0.154. The number of amides is 1. The van der Waals surface area contributed by atoms with Gasteiger partial charge in [0.25, 0.3) is 0 Å². The SMILES string of the molecule is O=C(NCc1cccnc1OCC(F)(F)F)C1CCCC1O. The molecule has 1 fully saturated rings. The Morgan fingerprint density at radius 3 is 2.86 bits per heavy atom. The van der Waals surface area contributed by atoms with Crippen molar-refractivity contribution in [1.82, 2.24) is 10.3 Å². The van der Waals surface area contributed by atoms with Crippen LogP contribution in [0.5, 0.6) is 5.88 Å². The largest absolute Gasteiger partial charge is 0.468 e. The zero-order valence-corrected chi connectivity index (χ0v) is 11.8. The van der Waals surface area contributed by atoms with Gasteiger partial charge in [-0.1, -0.05) is 6.07 Å². The Labute approximate surface area is 125 Å². The van der Waals surface area contributed by atoms with Crippen LogP contribution in [0.4, 0.5) is 13.2 Å². The molecule has 0 aromatic carbocycles. The summed E-state index contributed by atoms with van der Waals surface area (Å²) in [5, 5.41) is 12.3. The summed E-state index contributed by atoms with van der Waals surface area (Å²) in [5.74, 6) is -0.932. The molecular weight excluding hydrogens is 301 g/mol. The fourth-order valence-electron chi connectivity index (χ4n) is 2.40. The highest BCUT2D eigenvalue weighted by atomic mass is 19.4. The van der Waals surface area contributed by atoms with Gasteiger partial charge >= 0.3 is 6.18 Å². The molecule has 8 heteroatoms. The van der Waals surface area contributed by atoms with Crippen molar-refractivity contribution in [2.45, 2.75) is 38.1 Å². The number of ether oxygens (including phenoxy) is 1. The normalized spacial score (nSPS) is 21.6. The van der Waals surface area contributed by atoms with Crippen LogP contribution in [0, 0.1) is 5.92 Å². The van der Waals surface area contributed by atoms with Gasteiger partial charge in [-0.2, -0.15) is 13.2 Å². The van der Waals surface area contributed by atoms with E-state index in [0.29, 0.717) is 18.4 Å². The number of hydrogen-bond donors (Lipinski definition) is 2. The number of rotatable bonds is 5. The number of aliphatic hydroxyl groups excluding tert-OH is 1. The van der Waals surface area contributed by atoms with Crippen LogP contribution in [0.3, 0.4) is 0 Å². The molecule has 0 bridgehead atoms. The van der Waals surface area contributed by atoms with E-state index in [9.17, 15) is 23.1 Å². The molecule has 1 aromatic heterocycles. The fraction of sp³-hybridized carbons (Fsp3) is 0.571. The molecule has 0 saturated heterocycles. The molecule has 1 heterocycles. The predicted octanol–water partition coefficient (Wildman–Crippen LogP) is 1.80.